The molecule has 0 aliphatic carbocycles. The highest BCUT2D eigenvalue weighted by Crippen LogP contribution is 2.28. The largest absolute Gasteiger partial charge is 0.322 e. The number of benzene rings is 1. The van der Waals surface area contributed by atoms with Crippen LogP contribution in [0.25, 0.3) is 0 Å². The van der Waals surface area contributed by atoms with Gasteiger partial charge in [-0.2, -0.15) is 0 Å². The molecule has 1 heterocycles. The summed E-state index contributed by atoms with van der Waals surface area (Å²) in [6, 6.07) is 5.60. The number of carbonyl (C=O) groups is 1. The van der Waals surface area contributed by atoms with E-state index in [0.717, 1.165) is 15.7 Å². The lowest BCUT2D eigenvalue weighted by Gasteiger charge is -2.13. The molecular formula is C15H13BrCl2N2O. The lowest BCUT2D eigenvalue weighted by molar-refractivity contribution is 0.102. The second-order valence-electron chi connectivity index (χ2n) is 4.72. The number of nitrogens with zero attached hydrogens (tertiary/aromatic N) is 1. The number of halogens is 3. The van der Waals surface area contributed by atoms with Crippen molar-refractivity contribution in [1.29, 1.82) is 0 Å². The van der Waals surface area contributed by atoms with Gasteiger partial charge in [-0.3, -0.25) is 4.79 Å². The zero-order valence-corrected chi connectivity index (χ0v) is 14.8. The Bertz CT molecular complexity index is 732. The summed E-state index contributed by atoms with van der Waals surface area (Å²) in [5.74, 6) is -0.322. The first kappa shape index (κ1) is 16.3. The Balaban J connectivity index is 2.39. The van der Waals surface area contributed by atoms with Gasteiger partial charge in [-0.15, -0.1) is 0 Å². The number of amides is 1. The molecule has 3 nitrogen and oxygen atoms in total. The number of pyridine rings is 1. The van der Waals surface area contributed by atoms with E-state index in [4.69, 9.17) is 23.2 Å². The van der Waals surface area contributed by atoms with Crippen molar-refractivity contribution >= 4 is 50.7 Å². The average molecular weight is 388 g/mol. The van der Waals surface area contributed by atoms with Gasteiger partial charge in [0.1, 0.15) is 5.15 Å². The first-order valence-corrected chi connectivity index (χ1v) is 7.76. The molecule has 110 valence electrons. The van der Waals surface area contributed by atoms with Crippen LogP contribution in [-0.4, -0.2) is 10.9 Å². The molecule has 21 heavy (non-hydrogen) atoms. The molecule has 1 aromatic heterocycles. The molecule has 1 amide bonds. The molecule has 2 rings (SSSR count). The molecule has 1 aromatic carbocycles. The molecular weight excluding hydrogens is 375 g/mol. The third-order valence-electron chi connectivity index (χ3n) is 3.16. The third-order valence-corrected chi connectivity index (χ3v) is 4.48. The van der Waals surface area contributed by atoms with Crippen molar-refractivity contribution in [2.75, 3.05) is 5.32 Å². The minimum atomic E-state index is -0.322. The summed E-state index contributed by atoms with van der Waals surface area (Å²) in [5.41, 5.74) is 3.19. The number of aryl methyl sites for hydroxylation is 2. The standard InChI is InChI=1S/C15H13BrCl2N2O/c1-7-6-10(16)4-5-11(7)20-15(21)12-8(2)13(17)9(3)19-14(12)18/h4-6H,1-3H3,(H,20,21). The predicted octanol–water partition coefficient (Wildman–Crippen LogP) is 5.33. The van der Waals surface area contributed by atoms with Crippen molar-refractivity contribution in [1.82, 2.24) is 4.98 Å². The van der Waals surface area contributed by atoms with Gasteiger partial charge in [0.25, 0.3) is 5.91 Å². The van der Waals surface area contributed by atoms with Crippen LogP contribution in [0.2, 0.25) is 10.2 Å². The van der Waals surface area contributed by atoms with Crippen LogP contribution in [-0.2, 0) is 0 Å². The van der Waals surface area contributed by atoms with Gasteiger partial charge in [-0.1, -0.05) is 39.1 Å². The van der Waals surface area contributed by atoms with Crippen LogP contribution >= 0.6 is 39.1 Å². The van der Waals surface area contributed by atoms with Gasteiger partial charge >= 0.3 is 0 Å². The van der Waals surface area contributed by atoms with Gasteiger partial charge in [0, 0.05) is 10.2 Å². The molecule has 6 heteroatoms. The Labute approximate surface area is 141 Å². The fourth-order valence-electron chi connectivity index (χ4n) is 2.00. The van der Waals surface area contributed by atoms with Crippen LogP contribution in [0.3, 0.4) is 0 Å². The molecule has 0 aliphatic heterocycles. The molecule has 0 bridgehead atoms. The number of carbonyl (C=O) groups excluding carboxylic acids is 1. The van der Waals surface area contributed by atoms with Crippen molar-refractivity contribution in [3.8, 4) is 0 Å². The first-order chi connectivity index (χ1) is 9.81. The topological polar surface area (TPSA) is 42.0 Å². The van der Waals surface area contributed by atoms with E-state index < -0.39 is 0 Å². The maximum atomic E-state index is 12.5. The van der Waals surface area contributed by atoms with E-state index in [1.807, 2.05) is 25.1 Å². The Hall–Kier alpha value is -1.10. The zero-order chi connectivity index (χ0) is 15.7. The SMILES string of the molecule is Cc1cc(Br)ccc1NC(=O)c1c(Cl)nc(C)c(Cl)c1C. The van der Waals surface area contributed by atoms with Gasteiger partial charge in [0.2, 0.25) is 0 Å². The zero-order valence-electron chi connectivity index (χ0n) is 11.7. The molecule has 0 unspecified atom stereocenters. The Morgan fingerprint density at radius 2 is 1.90 bits per heavy atom. The van der Waals surface area contributed by atoms with Crippen LogP contribution in [0, 0.1) is 20.8 Å². The molecule has 0 radical (unpaired) electrons. The van der Waals surface area contributed by atoms with E-state index in [0.29, 0.717) is 21.8 Å². The van der Waals surface area contributed by atoms with Gasteiger partial charge < -0.3 is 5.32 Å². The summed E-state index contributed by atoms with van der Waals surface area (Å²) >= 11 is 15.6. The van der Waals surface area contributed by atoms with E-state index in [2.05, 4.69) is 26.2 Å². The molecule has 2 aromatic rings. The number of rotatable bonds is 2. The number of aromatic nitrogens is 1. The molecule has 0 fully saturated rings. The highest BCUT2D eigenvalue weighted by Gasteiger charge is 2.19. The summed E-state index contributed by atoms with van der Waals surface area (Å²) in [6.45, 7) is 5.42. The summed E-state index contributed by atoms with van der Waals surface area (Å²) in [4.78, 5) is 16.5. The predicted molar refractivity (Wildman–Crippen MR) is 90.6 cm³/mol. The Kier molecular flexibility index (Phi) is 4.91. The summed E-state index contributed by atoms with van der Waals surface area (Å²) in [5, 5.41) is 3.45. The Morgan fingerprint density at radius 3 is 2.52 bits per heavy atom. The number of anilines is 1. The number of hydrogen-bond acceptors (Lipinski definition) is 2. The van der Waals surface area contributed by atoms with Gasteiger partial charge in [0.15, 0.2) is 0 Å². The molecule has 0 atom stereocenters. The summed E-state index contributed by atoms with van der Waals surface area (Å²) in [7, 11) is 0. The molecule has 0 aliphatic rings. The fraction of sp³-hybridized carbons (Fsp3) is 0.200. The summed E-state index contributed by atoms with van der Waals surface area (Å²) in [6.07, 6.45) is 0. The van der Waals surface area contributed by atoms with Crippen molar-refractivity contribution in [2.45, 2.75) is 20.8 Å². The highest BCUT2D eigenvalue weighted by molar-refractivity contribution is 9.10. The van der Waals surface area contributed by atoms with Gasteiger partial charge in [0.05, 0.1) is 16.3 Å². The monoisotopic (exact) mass is 386 g/mol. The van der Waals surface area contributed by atoms with Crippen LogP contribution in [0.5, 0.6) is 0 Å². The van der Waals surface area contributed by atoms with E-state index in [1.54, 1.807) is 13.8 Å². The second-order valence-corrected chi connectivity index (χ2v) is 6.37. The smallest absolute Gasteiger partial charge is 0.259 e. The van der Waals surface area contributed by atoms with Crippen LogP contribution in [0.4, 0.5) is 5.69 Å². The maximum absolute atomic E-state index is 12.5. The lowest BCUT2D eigenvalue weighted by Crippen LogP contribution is -2.16. The van der Waals surface area contributed by atoms with Crippen molar-refractivity contribution < 1.29 is 4.79 Å². The van der Waals surface area contributed by atoms with E-state index >= 15 is 0 Å². The molecule has 0 saturated carbocycles. The first-order valence-electron chi connectivity index (χ1n) is 6.21. The Morgan fingerprint density at radius 1 is 1.24 bits per heavy atom. The van der Waals surface area contributed by atoms with Crippen molar-refractivity contribution in [3.05, 3.63) is 55.2 Å². The quantitative estimate of drug-likeness (QED) is 0.707. The number of hydrogen-bond donors (Lipinski definition) is 1. The van der Waals surface area contributed by atoms with Crippen LogP contribution in [0.1, 0.15) is 27.2 Å². The maximum Gasteiger partial charge on any atom is 0.259 e. The minimum absolute atomic E-state index is 0.154. The third kappa shape index (κ3) is 3.39. The average Bonchev–Trinajstić information content (AvgIpc) is 2.39. The molecule has 0 spiro atoms. The highest BCUT2D eigenvalue weighted by atomic mass is 79.9. The normalized spacial score (nSPS) is 10.6. The molecule has 0 saturated heterocycles. The van der Waals surface area contributed by atoms with Gasteiger partial charge in [-0.25, -0.2) is 4.98 Å². The lowest BCUT2D eigenvalue weighted by atomic mass is 10.1. The fourth-order valence-corrected chi connectivity index (χ4v) is 2.97. The minimum Gasteiger partial charge on any atom is -0.322 e. The number of nitrogens with one attached hydrogen (secondary N) is 1. The molecule has 1 N–H and O–H groups in total. The van der Waals surface area contributed by atoms with Crippen molar-refractivity contribution in [2.24, 2.45) is 0 Å². The van der Waals surface area contributed by atoms with Gasteiger partial charge in [-0.05, 0) is 50.1 Å². The van der Waals surface area contributed by atoms with Crippen LogP contribution in [0.15, 0.2) is 22.7 Å². The second kappa shape index (κ2) is 6.34. The van der Waals surface area contributed by atoms with E-state index in [-0.39, 0.29) is 11.1 Å². The van der Waals surface area contributed by atoms with Crippen molar-refractivity contribution in [3.63, 3.8) is 0 Å². The van der Waals surface area contributed by atoms with E-state index in [1.165, 1.54) is 0 Å². The van der Waals surface area contributed by atoms with Crippen LogP contribution < -0.4 is 5.32 Å². The van der Waals surface area contributed by atoms with E-state index in [9.17, 15) is 4.79 Å². The summed E-state index contributed by atoms with van der Waals surface area (Å²) < 4.78 is 0.951.